The molecule has 0 aliphatic rings. The molecule has 3 nitrogen and oxygen atoms in total. The molecule has 1 aromatic heterocycles. The zero-order chi connectivity index (χ0) is 14.2. The third-order valence-electron chi connectivity index (χ3n) is 3.30. The highest BCUT2D eigenvalue weighted by atomic mass is 15.1. The molecule has 2 aromatic rings. The number of nitrogens with zero attached hydrogens (tertiary/aromatic N) is 2. The molecule has 0 fully saturated rings. The first-order chi connectivity index (χ1) is 9.78. The maximum absolute atomic E-state index is 4.36. The second-order valence-electron chi connectivity index (χ2n) is 5.16. The summed E-state index contributed by atoms with van der Waals surface area (Å²) in [4.78, 5) is 6.70. The Morgan fingerprint density at radius 2 is 1.95 bits per heavy atom. The van der Waals surface area contributed by atoms with Crippen molar-refractivity contribution in [3.8, 4) is 0 Å². The fourth-order valence-corrected chi connectivity index (χ4v) is 2.28. The van der Waals surface area contributed by atoms with Gasteiger partial charge in [-0.2, -0.15) is 0 Å². The van der Waals surface area contributed by atoms with Crippen molar-refractivity contribution < 1.29 is 0 Å². The molecule has 2 rings (SSSR count). The average Bonchev–Trinajstić information content (AvgIpc) is 2.47. The monoisotopic (exact) mass is 269 g/mol. The van der Waals surface area contributed by atoms with E-state index in [0.717, 1.165) is 31.7 Å². The van der Waals surface area contributed by atoms with Gasteiger partial charge in [0.15, 0.2) is 0 Å². The van der Waals surface area contributed by atoms with Crippen LogP contribution in [-0.4, -0.2) is 30.5 Å². The number of pyridine rings is 1. The number of benzene rings is 1. The zero-order valence-corrected chi connectivity index (χ0v) is 12.3. The van der Waals surface area contributed by atoms with Gasteiger partial charge in [-0.1, -0.05) is 30.3 Å². The lowest BCUT2D eigenvalue weighted by molar-refractivity contribution is 0.330. The van der Waals surface area contributed by atoms with Gasteiger partial charge in [-0.05, 0) is 37.4 Å². The van der Waals surface area contributed by atoms with E-state index in [1.165, 1.54) is 11.1 Å². The number of likely N-dealkylation sites (N-methyl/N-ethyl adjacent to an activating group) is 1. The molecule has 0 spiro atoms. The Morgan fingerprint density at radius 1 is 1.10 bits per heavy atom. The van der Waals surface area contributed by atoms with Crippen molar-refractivity contribution in [2.45, 2.75) is 19.5 Å². The Kier molecular flexibility index (Phi) is 5.71. The minimum Gasteiger partial charge on any atom is -0.316 e. The molecule has 0 bridgehead atoms. The van der Waals surface area contributed by atoms with Crippen LogP contribution in [0.1, 0.15) is 16.8 Å². The van der Waals surface area contributed by atoms with Gasteiger partial charge in [0.2, 0.25) is 0 Å². The van der Waals surface area contributed by atoms with E-state index < -0.39 is 0 Å². The molecule has 1 heterocycles. The molecule has 0 saturated heterocycles. The SMILES string of the molecule is CNCc1cccc(CN(C)CCc2ccccn2)c1. The lowest BCUT2D eigenvalue weighted by Crippen LogP contribution is -2.21. The van der Waals surface area contributed by atoms with E-state index in [9.17, 15) is 0 Å². The van der Waals surface area contributed by atoms with Crippen LogP contribution in [0.5, 0.6) is 0 Å². The summed E-state index contributed by atoms with van der Waals surface area (Å²) in [5.41, 5.74) is 3.85. The maximum Gasteiger partial charge on any atom is 0.0416 e. The summed E-state index contributed by atoms with van der Waals surface area (Å²) >= 11 is 0. The molecule has 106 valence electrons. The highest BCUT2D eigenvalue weighted by Crippen LogP contribution is 2.08. The van der Waals surface area contributed by atoms with Crippen molar-refractivity contribution in [2.24, 2.45) is 0 Å². The minimum atomic E-state index is 0.922. The van der Waals surface area contributed by atoms with Gasteiger partial charge in [-0.25, -0.2) is 0 Å². The molecule has 20 heavy (non-hydrogen) atoms. The van der Waals surface area contributed by atoms with Gasteiger partial charge < -0.3 is 10.2 Å². The van der Waals surface area contributed by atoms with E-state index in [1.807, 2.05) is 25.4 Å². The number of hydrogen-bond acceptors (Lipinski definition) is 3. The first-order valence-electron chi connectivity index (χ1n) is 7.09. The minimum absolute atomic E-state index is 0.922. The number of hydrogen-bond donors (Lipinski definition) is 1. The first-order valence-corrected chi connectivity index (χ1v) is 7.09. The summed E-state index contributed by atoms with van der Waals surface area (Å²) in [6.07, 6.45) is 2.85. The molecule has 0 unspecified atom stereocenters. The van der Waals surface area contributed by atoms with Crippen LogP contribution in [0.4, 0.5) is 0 Å². The van der Waals surface area contributed by atoms with Gasteiger partial charge in [0.05, 0.1) is 0 Å². The average molecular weight is 269 g/mol. The smallest absolute Gasteiger partial charge is 0.0416 e. The van der Waals surface area contributed by atoms with E-state index in [-0.39, 0.29) is 0 Å². The Balaban J connectivity index is 1.84. The van der Waals surface area contributed by atoms with Crippen molar-refractivity contribution in [1.82, 2.24) is 15.2 Å². The third-order valence-corrected chi connectivity index (χ3v) is 3.30. The molecule has 0 aliphatic heterocycles. The van der Waals surface area contributed by atoms with Crippen LogP contribution in [0.25, 0.3) is 0 Å². The summed E-state index contributed by atoms with van der Waals surface area (Å²) in [5.74, 6) is 0. The van der Waals surface area contributed by atoms with Crippen molar-refractivity contribution in [3.63, 3.8) is 0 Å². The Bertz CT molecular complexity index is 511. The van der Waals surface area contributed by atoms with Gasteiger partial charge >= 0.3 is 0 Å². The molecule has 0 amide bonds. The Hall–Kier alpha value is -1.71. The van der Waals surface area contributed by atoms with Crippen LogP contribution in [0, 0.1) is 0 Å². The maximum atomic E-state index is 4.36. The van der Waals surface area contributed by atoms with Crippen LogP contribution in [0.15, 0.2) is 48.7 Å². The van der Waals surface area contributed by atoms with Crippen molar-refractivity contribution in [3.05, 3.63) is 65.5 Å². The van der Waals surface area contributed by atoms with E-state index in [0.29, 0.717) is 0 Å². The number of aromatic nitrogens is 1. The van der Waals surface area contributed by atoms with E-state index in [2.05, 4.69) is 52.6 Å². The standard InChI is InChI=1S/C17H23N3/c1-18-13-15-6-5-7-16(12-15)14-20(2)11-9-17-8-3-4-10-19-17/h3-8,10,12,18H,9,11,13-14H2,1-2H3. The lowest BCUT2D eigenvalue weighted by Gasteiger charge is -2.17. The highest BCUT2D eigenvalue weighted by Gasteiger charge is 2.02. The highest BCUT2D eigenvalue weighted by molar-refractivity contribution is 5.23. The molecule has 0 radical (unpaired) electrons. The summed E-state index contributed by atoms with van der Waals surface area (Å²) in [7, 11) is 4.14. The quantitative estimate of drug-likeness (QED) is 0.837. The summed E-state index contributed by atoms with van der Waals surface area (Å²) in [5, 5.41) is 3.19. The second-order valence-corrected chi connectivity index (χ2v) is 5.16. The Labute approximate surface area is 121 Å². The van der Waals surface area contributed by atoms with Crippen molar-refractivity contribution in [2.75, 3.05) is 20.6 Å². The fraction of sp³-hybridized carbons (Fsp3) is 0.353. The normalized spacial score (nSPS) is 10.9. The number of nitrogens with one attached hydrogen (secondary N) is 1. The van der Waals surface area contributed by atoms with Crippen molar-refractivity contribution >= 4 is 0 Å². The summed E-state index contributed by atoms with van der Waals surface area (Å²) in [6, 6.07) is 14.8. The van der Waals surface area contributed by atoms with E-state index in [4.69, 9.17) is 0 Å². The van der Waals surface area contributed by atoms with Gasteiger partial charge in [0.25, 0.3) is 0 Å². The second kappa shape index (κ2) is 7.78. The van der Waals surface area contributed by atoms with Crippen LogP contribution < -0.4 is 5.32 Å². The van der Waals surface area contributed by atoms with Gasteiger partial charge in [0, 0.05) is 37.9 Å². The molecule has 1 aromatic carbocycles. The summed E-state index contributed by atoms with van der Waals surface area (Å²) < 4.78 is 0. The molecule has 3 heteroatoms. The largest absolute Gasteiger partial charge is 0.316 e. The van der Waals surface area contributed by atoms with Gasteiger partial charge in [-0.15, -0.1) is 0 Å². The fourth-order valence-electron chi connectivity index (χ4n) is 2.28. The van der Waals surface area contributed by atoms with Crippen molar-refractivity contribution in [1.29, 1.82) is 0 Å². The molecule has 0 saturated carbocycles. The first kappa shape index (κ1) is 14.7. The molecule has 1 N–H and O–H groups in total. The topological polar surface area (TPSA) is 28.2 Å². The van der Waals surface area contributed by atoms with E-state index in [1.54, 1.807) is 0 Å². The molecular weight excluding hydrogens is 246 g/mol. The predicted molar refractivity (Wildman–Crippen MR) is 83.5 cm³/mol. The van der Waals surface area contributed by atoms with E-state index >= 15 is 0 Å². The lowest BCUT2D eigenvalue weighted by atomic mass is 10.1. The number of rotatable bonds is 7. The molecule has 0 atom stereocenters. The Morgan fingerprint density at radius 3 is 2.70 bits per heavy atom. The molecule has 0 aliphatic carbocycles. The van der Waals surface area contributed by atoms with Gasteiger partial charge in [-0.3, -0.25) is 4.98 Å². The predicted octanol–water partition coefficient (Wildman–Crippen LogP) is 2.48. The molecular formula is C17H23N3. The van der Waals surface area contributed by atoms with Crippen LogP contribution >= 0.6 is 0 Å². The zero-order valence-electron chi connectivity index (χ0n) is 12.3. The van der Waals surface area contributed by atoms with Crippen LogP contribution in [-0.2, 0) is 19.5 Å². The summed E-state index contributed by atoms with van der Waals surface area (Å²) in [6.45, 7) is 2.92. The third kappa shape index (κ3) is 4.76. The van der Waals surface area contributed by atoms with Crippen LogP contribution in [0.2, 0.25) is 0 Å². The van der Waals surface area contributed by atoms with Crippen LogP contribution in [0.3, 0.4) is 0 Å². The van der Waals surface area contributed by atoms with Gasteiger partial charge in [0.1, 0.15) is 0 Å².